The van der Waals surface area contributed by atoms with Crippen molar-refractivity contribution in [3.63, 3.8) is 0 Å². The van der Waals surface area contributed by atoms with E-state index in [4.69, 9.17) is 23.1 Å². The average Bonchev–Trinajstić information content (AvgIpc) is 2.54. The Morgan fingerprint density at radius 3 is 2.53 bits per heavy atom. The smallest absolute Gasteiger partial charge is 0.303 e. The molecule has 0 spiro atoms. The Hall–Kier alpha value is -2.05. The predicted octanol–water partition coefficient (Wildman–Crippen LogP) is 0.325. The predicted molar refractivity (Wildman–Crippen MR) is 61.8 cm³/mol. The fourth-order valence-corrected chi connectivity index (χ4v) is 1.48. The van der Waals surface area contributed by atoms with Crippen LogP contribution in [0, 0.1) is 0 Å². The number of esters is 3. The molecule has 0 aromatic carbocycles. The third-order valence-corrected chi connectivity index (χ3v) is 2.16. The van der Waals surface area contributed by atoms with E-state index in [0.29, 0.717) is 0 Å². The van der Waals surface area contributed by atoms with Gasteiger partial charge in [0.2, 0.25) is 0 Å². The van der Waals surface area contributed by atoms with Crippen molar-refractivity contribution in [2.45, 2.75) is 39.0 Å². The third kappa shape index (κ3) is 4.99. The van der Waals surface area contributed by atoms with E-state index < -0.39 is 56.9 Å². The van der Waals surface area contributed by atoms with Gasteiger partial charge in [0.05, 0.1) is 6.26 Å². The molecule has 0 unspecified atom stereocenters. The molecule has 19 heavy (non-hydrogen) atoms. The van der Waals surface area contributed by atoms with Gasteiger partial charge in [-0.3, -0.25) is 14.4 Å². The zero-order valence-electron chi connectivity index (χ0n) is 13.1. The van der Waals surface area contributed by atoms with Gasteiger partial charge in [0.1, 0.15) is 6.61 Å². The summed E-state index contributed by atoms with van der Waals surface area (Å²) >= 11 is 0. The lowest BCUT2D eigenvalue weighted by molar-refractivity contribution is -0.178. The summed E-state index contributed by atoms with van der Waals surface area (Å²) < 4.78 is 40.6. The van der Waals surface area contributed by atoms with Crippen LogP contribution in [0.4, 0.5) is 0 Å². The van der Waals surface area contributed by atoms with Crippen LogP contribution in [0.25, 0.3) is 0 Å². The van der Waals surface area contributed by atoms with Crippen LogP contribution in [-0.4, -0.2) is 42.8 Å². The van der Waals surface area contributed by atoms with Gasteiger partial charge in [-0.15, -0.1) is 0 Å². The van der Waals surface area contributed by atoms with Crippen LogP contribution in [0.15, 0.2) is 12.3 Å². The van der Waals surface area contributed by atoms with E-state index in [1.54, 1.807) is 0 Å². The Bertz CT molecular complexity index is 440. The van der Waals surface area contributed by atoms with Gasteiger partial charge in [0.15, 0.2) is 18.3 Å². The normalized spacial score (nSPS) is 27.2. The van der Waals surface area contributed by atoms with Crippen LogP contribution in [-0.2, 0) is 33.3 Å². The Balaban J connectivity index is 2.79. The van der Waals surface area contributed by atoms with Crippen molar-refractivity contribution in [3.8, 4) is 0 Å². The summed E-state index contributed by atoms with van der Waals surface area (Å²) in [6.45, 7) is -2.13. The fourth-order valence-electron chi connectivity index (χ4n) is 1.48. The largest absolute Gasteiger partial charge is 0.491 e. The van der Waals surface area contributed by atoms with Gasteiger partial charge in [-0.05, 0) is 6.08 Å². The zero-order chi connectivity index (χ0) is 16.5. The van der Waals surface area contributed by atoms with E-state index in [1.165, 1.54) is 12.3 Å². The van der Waals surface area contributed by atoms with Crippen LogP contribution in [0.3, 0.4) is 0 Å². The zero-order valence-corrected chi connectivity index (χ0v) is 10.1. The summed E-state index contributed by atoms with van der Waals surface area (Å²) in [5, 5.41) is 0. The molecule has 0 amide bonds. The molecule has 0 bridgehead atoms. The minimum absolute atomic E-state index is 0.313. The quantitative estimate of drug-likeness (QED) is 0.539. The van der Waals surface area contributed by atoms with Gasteiger partial charge in [-0.1, -0.05) is 0 Å². The molecule has 3 atom stereocenters. The Labute approximate surface area is 114 Å². The maximum atomic E-state index is 11.3. The van der Waals surface area contributed by atoms with Crippen molar-refractivity contribution < 1.29 is 37.4 Å². The molecule has 7 nitrogen and oxygen atoms in total. The van der Waals surface area contributed by atoms with Gasteiger partial charge in [0.25, 0.3) is 0 Å². The fraction of sp³-hybridized carbons (Fsp3) is 0.583. The lowest BCUT2D eigenvalue weighted by atomic mass is 10.1. The van der Waals surface area contributed by atoms with Crippen LogP contribution in [0.5, 0.6) is 0 Å². The first-order valence-corrected chi connectivity index (χ1v) is 5.26. The Morgan fingerprint density at radius 1 is 1.16 bits per heavy atom. The van der Waals surface area contributed by atoms with Crippen molar-refractivity contribution in [1.82, 2.24) is 0 Å². The van der Waals surface area contributed by atoms with Gasteiger partial charge >= 0.3 is 17.9 Å². The van der Waals surface area contributed by atoms with E-state index in [0.717, 1.165) is 0 Å². The number of hydrogen-bond donors (Lipinski definition) is 0. The van der Waals surface area contributed by atoms with E-state index >= 15 is 0 Å². The molecule has 0 aromatic heterocycles. The standard InChI is InChI=1S/C12H16O7/c1-7(13)17-6-11-12(19-9(3)15)10(4-5-16-11)18-8(2)14/h4-5,10-12H,6H2,1-3H3/t10-,11-,12+/m1/s1/i1D,2D,3D. The van der Waals surface area contributed by atoms with Gasteiger partial charge in [-0.25, -0.2) is 0 Å². The highest BCUT2D eigenvalue weighted by atomic mass is 16.6. The molecule has 0 N–H and O–H groups in total. The second kappa shape index (κ2) is 6.77. The second-order valence-electron chi connectivity index (χ2n) is 3.60. The molecule has 1 aliphatic heterocycles. The average molecular weight is 275 g/mol. The lowest BCUT2D eigenvalue weighted by Gasteiger charge is -2.32. The van der Waals surface area contributed by atoms with Crippen molar-refractivity contribution in [3.05, 3.63) is 12.3 Å². The summed E-state index contributed by atoms with van der Waals surface area (Å²) in [6.07, 6.45) is -0.553. The first-order chi connectivity index (χ1) is 10.5. The van der Waals surface area contributed by atoms with Crippen molar-refractivity contribution in [2.75, 3.05) is 6.61 Å². The molecular weight excluding hydrogens is 256 g/mol. The Kier molecular flexibility index (Phi) is 3.86. The van der Waals surface area contributed by atoms with Gasteiger partial charge in [0, 0.05) is 24.8 Å². The molecule has 0 aliphatic carbocycles. The van der Waals surface area contributed by atoms with E-state index in [-0.39, 0.29) is 6.61 Å². The number of carbonyl (C=O) groups is 3. The summed E-state index contributed by atoms with van der Waals surface area (Å²) in [5.74, 6) is -2.48. The number of ether oxygens (including phenoxy) is 4. The topological polar surface area (TPSA) is 88.1 Å². The van der Waals surface area contributed by atoms with E-state index in [9.17, 15) is 14.4 Å². The highest BCUT2D eigenvalue weighted by Gasteiger charge is 2.37. The molecule has 1 aliphatic rings. The molecule has 7 heteroatoms. The van der Waals surface area contributed by atoms with Gasteiger partial charge in [-0.2, -0.15) is 0 Å². The van der Waals surface area contributed by atoms with Crippen molar-refractivity contribution in [2.24, 2.45) is 0 Å². The number of hydrogen-bond acceptors (Lipinski definition) is 7. The summed E-state index contributed by atoms with van der Waals surface area (Å²) in [6, 6.07) is 0. The number of rotatable bonds is 4. The minimum Gasteiger partial charge on any atom is -0.491 e. The molecule has 1 rings (SSSR count). The molecule has 0 saturated carbocycles. The first-order valence-electron chi connectivity index (χ1n) is 7.38. The molecule has 1 heterocycles. The van der Waals surface area contributed by atoms with Crippen LogP contribution < -0.4 is 0 Å². The highest BCUT2D eigenvalue weighted by molar-refractivity contribution is 5.68. The summed E-state index contributed by atoms with van der Waals surface area (Å²) in [7, 11) is 0. The van der Waals surface area contributed by atoms with Crippen LogP contribution in [0.1, 0.15) is 24.8 Å². The van der Waals surface area contributed by atoms with Crippen LogP contribution in [0.2, 0.25) is 0 Å². The van der Waals surface area contributed by atoms with Crippen LogP contribution >= 0.6 is 0 Å². The Morgan fingerprint density at radius 2 is 1.84 bits per heavy atom. The summed E-state index contributed by atoms with van der Waals surface area (Å²) in [4.78, 5) is 33.6. The molecule has 0 saturated heterocycles. The number of carbonyl (C=O) groups excluding carboxylic acids is 3. The summed E-state index contributed by atoms with van der Waals surface area (Å²) in [5.41, 5.74) is 0. The van der Waals surface area contributed by atoms with E-state index in [1.807, 2.05) is 0 Å². The molecular formula is C12H16O7. The molecule has 0 fully saturated rings. The highest BCUT2D eigenvalue weighted by Crippen LogP contribution is 2.19. The third-order valence-electron chi connectivity index (χ3n) is 2.16. The maximum absolute atomic E-state index is 11.3. The van der Waals surface area contributed by atoms with Gasteiger partial charge < -0.3 is 18.9 Å². The minimum atomic E-state index is -1.11. The van der Waals surface area contributed by atoms with Crippen molar-refractivity contribution in [1.29, 1.82) is 0 Å². The maximum Gasteiger partial charge on any atom is 0.303 e. The first kappa shape index (κ1) is 10.8. The second-order valence-corrected chi connectivity index (χ2v) is 3.60. The van der Waals surface area contributed by atoms with Crippen molar-refractivity contribution >= 4 is 17.9 Å². The monoisotopic (exact) mass is 275 g/mol. The molecule has 106 valence electrons. The van der Waals surface area contributed by atoms with E-state index in [2.05, 4.69) is 0 Å². The molecule has 0 aromatic rings. The lowest BCUT2D eigenvalue weighted by Crippen LogP contribution is -2.47. The SMILES string of the molecule is [2H]CC(=O)OC[C@H]1OC=C[C@@H](OC(=O)C[2H])[C@@H]1OC(=O)C[2H]. The molecule has 0 radical (unpaired) electrons.